The highest BCUT2D eigenvalue weighted by Gasteiger charge is 2.21. The Kier molecular flexibility index (Phi) is 7.63. The van der Waals surface area contributed by atoms with Gasteiger partial charge in [0.1, 0.15) is 12.2 Å². The van der Waals surface area contributed by atoms with Gasteiger partial charge in [0.15, 0.2) is 5.96 Å². The number of nitrogens with one attached hydrogen (secondary N) is 2. The molecule has 9 heteroatoms. The fourth-order valence-corrected chi connectivity index (χ4v) is 3.77. The second-order valence-corrected chi connectivity index (χ2v) is 7.05. The van der Waals surface area contributed by atoms with Gasteiger partial charge in [0.25, 0.3) is 0 Å². The molecule has 0 fully saturated rings. The van der Waals surface area contributed by atoms with Crippen molar-refractivity contribution in [2.45, 2.75) is 32.5 Å². The number of halogens is 1. The molecule has 0 aromatic carbocycles. The van der Waals surface area contributed by atoms with E-state index in [0.717, 1.165) is 37.8 Å². The van der Waals surface area contributed by atoms with E-state index >= 15 is 0 Å². The minimum Gasteiger partial charge on any atom is -0.355 e. The summed E-state index contributed by atoms with van der Waals surface area (Å²) < 4.78 is 1.76. The zero-order chi connectivity index (χ0) is 16.9. The van der Waals surface area contributed by atoms with Gasteiger partial charge in [-0.05, 0) is 30.4 Å². The largest absolute Gasteiger partial charge is 0.355 e. The van der Waals surface area contributed by atoms with Crippen molar-refractivity contribution in [3.8, 4) is 0 Å². The van der Waals surface area contributed by atoms with E-state index in [1.165, 1.54) is 5.56 Å². The molecule has 0 saturated heterocycles. The van der Waals surface area contributed by atoms with Gasteiger partial charge in [0.2, 0.25) is 0 Å². The molecule has 0 amide bonds. The first-order valence-corrected chi connectivity index (χ1v) is 9.12. The second-order valence-electron chi connectivity index (χ2n) is 6.05. The van der Waals surface area contributed by atoms with Crippen molar-refractivity contribution in [1.82, 2.24) is 30.3 Å². The molecule has 7 nitrogen and oxygen atoms in total. The van der Waals surface area contributed by atoms with Crippen LogP contribution < -0.4 is 10.6 Å². The van der Waals surface area contributed by atoms with Crippen molar-refractivity contribution in [3.05, 3.63) is 34.0 Å². The van der Waals surface area contributed by atoms with E-state index in [9.17, 15) is 0 Å². The van der Waals surface area contributed by atoms with Crippen LogP contribution in [0.15, 0.2) is 22.8 Å². The average molecular weight is 475 g/mol. The summed E-state index contributed by atoms with van der Waals surface area (Å²) in [4.78, 5) is 12.6. The van der Waals surface area contributed by atoms with Crippen LogP contribution in [0.2, 0.25) is 0 Å². The third-order valence-corrected chi connectivity index (χ3v) is 5.49. The summed E-state index contributed by atoms with van der Waals surface area (Å²) >= 11 is 1.88. The molecule has 2 aromatic rings. The summed E-state index contributed by atoms with van der Waals surface area (Å²) in [5.74, 6) is 1.67. The predicted octanol–water partition coefficient (Wildman–Crippen LogP) is 1.61. The van der Waals surface area contributed by atoms with Crippen LogP contribution in [0.3, 0.4) is 0 Å². The lowest BCUT2D eigenvalue weighted by Gasteiger charge is -2.32. The van der Waals surface area contributed by atoms with Crippen LogP contribution in [0.25, 0.3) is 0 Å². The van der Waals surface area contributed by atoms with Crippen LogP contribution in [0.5, 0.6) is 0 Å². The molecule has 1 atom stereocenters. The van der Waals surface area contributed by atoms with Crippen LogP contribution in [0, 0.1) is 0 Å². The van der Waals surface area contributed by atoms with Crippen LogP contribution in [0.4, 0.5) is 0 Å². The van der Waals surface area contributed by atoms with E-state index in [0.29, 0.717) is 12.6 Å². The summed E-state index contributed by atoms with van der Waals surface area (Å²) in [6.07, 6.45) is 2.72. The molecule has 0 bridgehead atoms. The zero-order valence-corrected chi connectivity index (χ0v) is 18.0. The number of aryl methyl sites for hydroxylation is 1. The Bertz CT molecular complexity index is 696. The van der Waals surface area contributed by atoms with Gasteiger partial charge in [0, 0.05) is 44.6 Å². The Balaban J connectivity index is 0.00000225. The Morgan fingerprint density at radius 1 is 1.44 bits per heavy atom. The van der Waals surface area contributed by atoms with E-state index in [1.807, 2.05) is 18.4 Å². The Morgan fingerprint density at radius 3 is 3.00 bits per heavy atom. The Hall–Kier alpha value is -1.20. The van der Waals surface area contributed by atoms with Crippen molar-refractivity contribution >= 4 is 41.3 Å². The van der Waals surface area contributed by atoms with E-state index in [1.54, 1.807) is 22.9 Å². The molecule has 1 aliphatic heterocycles. The Morgan fingerprint density at radius 2 is 2.28 bits per heavy atom. The maximum Gasteiger partial charge on any atom is 0.191 e. The van der Waals surface area contributed by atoms with E-state index < -0.39 is 0 Å². The normalized spacial score (nSPS) is 16.0. The molecule has 138 valence electrons. The fraction of sp³-hybridized carbons (Fsp3) is 0.562. The minimum absolute atomic E-state index is 0. The van der Waals surface area contributed by atoms with Gasteiger partial charge in [-0.15, -0.1) is 35.3 Å². The molecule has 3 rings (SSSR count). The van der Waals surface area contributed by atoms with Gasteiger partial charge in [-0.1, -0.05) is 0 Å². The monoisotopic (exact) mass is 475 g/mol. The van der Waals surface area contributed by atoms with Crippen molar-refractivity contribution in [2.24, 2.45) is 12.0 Å². The van der Waals surface area contributed by atoms with Gasteiger partial charge in [-0.3, -0.25) is 14.6 Å². The number of fused-ring (bicyclic) bond motifs is 1. The van der Waals surface area contributed by atoms with Gasteiger partial charge >= 0.3 is 0 Å². The lowest BCUT2D eigenvalue weighted by atomic mass is 10.1. The standard InChI is InChI=1S/C16H25N7S.HI/c1-12(23-6-4-14-13(10-23)5-7-24-14)8-18-16(17-2)19-9-15-20-11-21-22(15)3;/h5,7,11-12H,4,6,8-10H2,1-3H3,(H2,17,18,19);1H. The number of hydrogen-bond acceptors (Lipinski definition) is 5. The van der Waals surface area contributed by atoms with E-state index in [2.05, 4.69) is 49.0 Å². The lowest BCUT2D eigenvalue weighted by Crippen LogP contribution is -2.47. The summed E-state index contributed by atoms with van der Waals surface area (Å²) in [5, 5.41) is 13.0. The maximum absolute atomic E-state index is 4.28. The molecule has 2 N–H and O–H groups in total. The number of thiophene rings is 1. The molecular weight excluding hydrogens is 449 g/mol. The third-order valence-electron chi connectivity index (χ3n) is 4.47. The number of aromatic nitrogens is 3. The number of guanidine groups is 1. The first-order valence-electron chi connectivity index (χ1n) is 8.24. The zero-order valence-electron chi connectivity index (χ0n) is 14.9. The van der Waals surface area contributed by atoms with Crippen molar-refractivity contribution in [2.75, 3.05) is 20.1 Å². The number of nitrogens with zero attached hydrogens (tertiary/aromatic N) is 5. The topological polar surface area (TPSA) is 70.4 Å². The minimum atomic E-state index is 0. The summed E-state index contributed by atoms with van der Waals surface area (Å²) in [6.45, 7) is 5.90. The highest BCUT2D eigenvalue weighted by atomic mass is 127. The van der Waals surface area contributed by atoms with Crippen molar-refractivity contribution in [1.29, 1.82) is 0 Å². The second kappa shape index (κ2) is 9.48. The highest BCUT2D eigenvalue weighted by molar-refractivity contribution is 14.0. The lowest BCUT2D eigenvalue weighted by molar-refractivity contribution is 0.192. The predicted molar refractivity (Wildman–Crippen MR) is 113 cm³/mol. The van der Waals surface area contributed by atoms with Gasteiger partial charge in [-0.2, -0.15) is 5.10 Å². The van der Waals surface area contributed by atoms with Gasteiger partial charge in [-0.25, -0.2) is 4.98 Å². The smallest absolute Gasteiger partial charge is 0.191 e. The molecule has 25 heavy (non-hydrogen) atoms. The van der Waals surface area contributed by atoms with E-state index in [-0.39, 0.29) is 24.0 Å². The van der Waals surface area contributed by atoms with E-state index in [4.69, 9.17) is 0 Å². The van der Waals surface area contributed by atoms with Crippen molar-refractivity contribution in [3.63, 3.8) is 0 Å². The first kappa shape index (κ1) is 20.1. The first-order chi connectivity index (χ1) is 11.7. The summed E-state index contributed by atoms with van der Waals surface area (Å²) in [7, 11) is 3.67. The van der Waals surface area contributed by atoms with Crippen LogP contribution >= 0.6 is 35.3 Å². The molecule has 1 unspecified atom stereocenters. The molecule has 0 aliphatic carbocycles. The summed E-state index contributed by atoms with van der Waals surface area (Å²) in [5.41, 5.74) is 1.49. The molecule has 1 aliphatic rings. The summed E-state index contributed by atoms with van der Waals surface area (Å²) in [6, 6.07) is 2.71. The fourth-order valence-electron chi connectivity index (χ4n) is 2.88. The average Bonchev–Trinajstić information content (AvgIpc) is 3.22. The highest BCUT2D eigenvalue weighted by Crippen LogP contribution is 2.24. The SMILES string of the molecule is CN=C(NCc1ncnn1C)NCC(C)N1CCc2sccc2C1.I. The number of rotatable bonds is 5. The quantitative estimate of drug-likeness (QED) is 0.391. The molecule has 0 saturated carbocycles. The Labute approximate surface area is 169 Å². The molecular formula is C16H26IN7S. The molecule has 0 radical (unpaired) electrons. The third kappa shape index (κ3) is 5.14. The van der Waals surface area contributed by atoms with Crippen LogP contribution in [-0.2, 0) is 26.6 Å². The molecule has 3 heterocycles. The maximum atomic E-state index is 4.28. The number of aliphatic imine (C=N–C) groups is 1. The molecule has 0 spiro atoms. The number of hydrogen-bond donors (Lipinski definition) is 2. The van der Waals surface area contributed by atoms with Crippen molar-refractivity contribution < 1.29 is 0 Å². The van der Waals surface area contributed by atoms with Crippen LogP contribution in [-0.4, -0.2) is 51.8 Å². The van der Waals surface area contributed by atoms with Crippen LogP contribution in [0.1, 0.15) is 23.2 Å². The van der Waals surface area contributed by atoms with Gasteiger partial charge in [0.05, 0.1) is 6.54 Å². The molecule has 2 aromatic heterocycles. The van der Waals surface area contributed by atoms with Gasteiger partial charge < -0.3 is 10.6 Å².